The van der Waals surface area contributed by atoms with Crippen LogP contribution in [0.4, 0.5) is 0 Å². The first-order valence-electron chi connectivity index (χ1n) is 6.35. The fourth-order valence-electron chi connectivity index (χ4n) is 1.08. The molecule has 0 aromatic rings. The second kappa shape index (κ2) is 14.2. The SMILES string of the molecule is CCOC(=O)COCCOCCOCCOCC(=O)O. The molecular formula is C12H22O8. The summed E-state index contributed by atoms with van der Waals surface area (Å²) in [6.45, 7) is 3.66. The molecule has 0 aromatic heterocycles. The number of carbonyl (C=O) groups is 2. The normalized spacial score (nSPS) is 10.4. The molecule has 0 aliphatic carbocycles. The molecule has 0 saturated carbocycles. The van der Waals surface area contributed by atoms with Crippen molar-refractivity contribution in [1.29, 1.82) is 0 Å². The van der Waals surface area contributed by atoms with Gasteiger partial charge in [-0.2, -0.15) is 0 Å². The van der Waals surface area contributed by atoms with Crippen molar-refractivity contribution in [2.75, 3.05) is 59.5 Å². The summed E-state index contributed by atoms with van der Waals surface area (Å²) < 4.78 is 24.8. The third kappa shape index (κ3) is 14.8. The lowest BCUT2D eigenvalue weighted by Crippen LogP contribution is -2.16. The largest absolute Gasteiger partial charge is 0.480 e. The van der Waals surface area contributed by atoms with E-state index in [0.717, 1.165) is 0 Å². The Kier molecular flexibility index (Phi) is 13.3. The Morgan fingerprint density at radius 1 is 0.800 bits per heavy atom. The second-order valence-corrected chi connectivity index (χ2v) is 3.53. The minimum atomic E-state index is -1.00. The van der Waals surface area contributed by atoms with Gasteiger partial charge in [-0.15, -0.1) is 0 Å². The van der Waals surface area contributed by atoms with Crippen LogP contribution >= 0.6 is 0 Å². The number of carbonyl (C=O) groups excluding carboxylic acids is 1. The van der Waals surface area contributed by atoms with Crippen molar-refractivity contribution in [3.63, 3.8) is 0 Å². The number of carboxylic acids is 1. The van der Waals surface area contributed by atoms with Gasteiger partial charge in [0.2, 0.25) is 0 Å². The maximum Gasteiger partial charge on any atom is 0.332 e. The summed E-state index contributed by atoms with van der Waals surface area (Å²) in [5.41, 5.74) is 0. The first-order valence-corrected chi connectivity index (χ1v) is 6.35. The third-order valence-electron chi connectivity index (χ3n) is 1.87. The van der Waals surface area contributed by atoms with Crippen LogP contribution in [-0.2, 0) is 33.3 Å². The first kappa shape index (κ1) is 18.8. The van der Waals surface area contributed by atoms with E-state index in [1.165, 1.54) is 0 Å². The fourth-order valence-corrected chi connectivity index (χ4v) is 1.08. The fraction of sp³-hybridized carbons (Fsp3) is 0.833. The third-order valence-corrected chi connectivity index (χ3v) is 1.87. The van der Waals surface area contributed by atoms with Crippen LogP contribution in [0, 0.1) is 0 Å². The molecule has 0 saturated heterocycles. The predicted octanol–water partition coefficient (Wildman–Crippen LogP) is -0.299. The molecule has 0 amide bonds. The Hall–Kier alpha value is -1.22. The van der Waals surface area contributed by atoms with Crippen LogP contribution in [0.1, 0.15) is 6.92 Å². The lowest BCUT2D eigenvalue weighted by atomic mass is 10.6. The summed E-state index contributed by atoms with van der Waals surface area (Å²) in [7, 11) is 0. The molecular weight excluding hydrogens is 272 g/mol. The van der Waals surface area contributed by atoms with Crippen molar-refractivity contribution >= 4 is 11.9 Å². The topological polar surface area (TPSA) is 101 Å². The highest BCUT2D eigenvalue weighted by molar-refractivity contribution is 5.70. The Bertz CT molecular complexity index is 256. The minimum Gasteiger partial charge on any atom is -0.480 e. The highest BCUT2D eigenvalue weighted by atomic mass is 16.6. The number of ether oxygens (including phenoxy) is 5. The first-order chi connectivity index (χ1) is 9.66. The van der Waals surface area contributed by atoms with Gasteiger partial charge < -0.3 is 28.8 Å². The molecule has 8 nitrogen and oxygen atoms in total. The number of aliphatic carboxylic acids is 1. The monoisotopic (exact) mass is 294 g/mol. The zero-order chi connectivity index (χ0) is 15.1. The van der Waals surface area contributed by atoms with E-state index >= 15 is 0 Å². The molecule has 0 atom stereocenters. The van der Waals surface area contributed by atoms with Gasteiger partial charge in [0.15, 0.2) is 0 Å². The van der Waals surface area contributed by atoms with Gasteiger partial charge in [-0.05, 0) is 6.92 Å². The van der Waals surface area contributed by atoms with Gasteiger partial charge in [-0.25, -0.2) is 9.59 Å². The molecule has 1 N–H and O–H groups in total. The number of esters is 1. The number of rotatable bonds is 14. The summed E-state index contributed by atoms with van der Waals surface area (Å²) >= 11 is 0. The Morgan fingerprint density at radius 2 is 1.25 bits per heavy atom. The molecule has 0 aromatic carbocycles. The second-order valence-electron chi connectivity index (χ2n) is 3.53. The van der Waals surface area contributed by atoms with Crippen LogP contribution in [0.2, 0.25) is 0 Å². The summed E-state index contributed by atoms with van der Waals surface area (Å²) in [6.07, 6.45) is 0. The van der Waals surface area contributed by atoms with Crippen molar-refractivity contribution in [3.8, 4) is 0 Å². The molecule has 0 aliphatic rings. The van der Waals surface area contributed by atoms with Crippen LogP contribution < -0.4 is 0 Å². The van der Waals surface area contributed by atoms with Crippen LogP contribution in [-0.4, -0.2) is 76.5 Å². The maximum atomic E-state index is 10.9. The minimum absolute atomic E-state index is 0.0748. The average molecular weight is 294 g/mol. The number of carboxylic acid groups (broad SMARTS) is 1. The van der Waals surface area contributed by atoms with Gasteiger partial charge >= 0.3 is 11.9 Å². The van der Waals surface area contributed by atoms with Crippen molar-refractivity contribution < 1.29 is 38.4 Å². The summed E-state index contributed by atoms with van der Waals surface area (Å²) in [5.74, 6) is -1.40. The van der Waals surface area contributed by atoms with E-state index in [4.69, 9.17) is 24.1 Å². The number of hydrogen-bond donors (Lipinski definition) is 1. The van der Waals surface area contributed by atoms with Crippen molar-refractivity contribution in [3.05, 3.63) is 0 Å². The molecule has 0 bridgehead atoms. The standard InChI is InChI=1S/C12H22O8/c1-2-20-12(15)10-19-8-6-17-4-3-16-5-7-18-9-11(13)14/h2-10H2,1H3,(H,13,14). The summed E-state index contributed by atoms with van der Waals surface area (Å²) in [4.78, 5) is 21.0. The zero-order valence-corrected chi connectivity index (χ0v) is 11.7. The lowest BCUT2D eigenvalue weighted by molar-refractivity contribution is -0.149. The van der Waals surface area contributed by atoms with Gasteiger partial charge in [0.05, 0.1) is 46.2 Å². The number of hydrogen-bond acceptors (Lipinski definition) is 7. The highest BCUT2D eigenvalue weighted by Gasteiger charge is 2.00. The molecule has 0 radical (unpaired) electrons. The van der Waals surface area contributed by atoms with Gasteiger partial charge in [0.1, 0.15) is 13.2 Å². The maximum absolute atomic E-state index is 10.9. The van der Waals surface area contributed by atoms with Crippen LogP contribution in [0.15, 0.2) is 0 Å². The molecule has 0 spiro atoms. The molecule has 0 aliphatic heterocycles. The quantitative estimate of drug-likeness (QED) is 0.344. The van der Waals surface area contributed by atoms with Gasteiger partial charge in [-0.3, -0.25) is 0 Å². The van der Waals surface area contributed by atoms with Crippen molar-refractivity contribution in [2.24, 2.45) is 0 Å². The lowest BCUT2D eigenvalue weighted by Gasteiger charge is -2.06. The van der Waals surface area contributed by atoms with E-state index in [-0.39, 0.29) is 19.8 Å². The van der Waals surface area contributed by atoms with Crippen LogP contribution in [0.5, 0.6) is 0 Å². The summed E-state index contributed by atoms with van der Waals surface area (Å²) in [6, 6.07) is 0. The van der Waals surface area contributed by atoms with Gasteiger partial charge in [-0.1, -0.05) is 0 Å². The summed E-state index contributed by atoms with van der Waals surface area (Å²) in [5, 5.41) is 8.29. The van der Waals surface area contributed by atoms with Crippen LogP contribution in [0.25, 0.3) is 0 Å². The highest BCUT2D eigenvalue weighted by Crippen LogP contribution is 1.84. The van der Waals surface area contributed by atoms with E-state index in [1.54, 1.807) is 6.92 Å². The van der Waals surface area contributed by atoms with Crippen molar-refractivity contribution in [1.82, 2.24) is 0 Å². The molecule has 0 fully saturated rings. The smallest absolute Gasteiger partial charge is 0.332 e. The molecule has 20 heavy (non-hydrogen) atoms. The predicted molar refractivity (Wildman–Crippen MR) is 67.5 cm³/mol. The van der Waals surface area contributed by atoms with E-state index in [9.17, 15) is 9.59 Å². The van der Waals surface area contributed by atoms with E-state index in [1.807, 2.05) is 0 Å². The van der Waals surface area contributed by atoms with Gasteiger partial charge in [0.25, 0.3) is 0 Å². The Morgan fingerprint density at radius 3 is 1.70 bits per heavy atom. The van der Waals surface area contributed by atoms with Crippen molar-refractivity contribution in [2.45, 2.75) is 6.92 Å². The molecule has 0 unspecified atom stereocenters. The van der Waals surface area contributed by atoms with Gasteiger partial charge in [0, 0.05) is 0 Å². The Balaban J connectivity index is 3.06. The molecule has 0 heterocycles. The zero-order valence-electron chi connectivity index (χ0n) is 11.7. The van der Waals surface area contributed by atoms with E-state index in [2.05, 4.69) is 4.74 Å². The van der Waals surface area contributed by atoms with E-state index in [0.29, 0.717) is 39.6 Å². The molecule has 118 valence electrons. The van der Waals surface area contributed by atoms with Crippen LogP contribution in [0.3, 0.4) is 0 Å². The Labute approximate surface area is 117 Å². The van der Waals surface area contributed by atoms with E-state index < -0.39 is 11.9 Å². The molecule has 8 heteroatoms. The molecule has 0 rings (SSSR count). The average Bonchev–Trinajstić information content (AvgIpc) is 2.40.